The summed E-state index contributed by atoms with van der Waals surface area (Å²) < 4.78 is 44.7. The normalized spacial score (nSPS) is 16.3. The summed E-state index contributed by atoms with van der Waals surface area (Å²) in [5, 5.41) is 9.81. The van der Waals surface area contributed by atoms with Crippen molar-refractivity contribution in [1.82, 2.24) is 4.57 Å². The number of hydrogen-bond donors (Lipinski definition) is 1. The molecule has 8 heteroatoms. The van der Waals surface area contributed by atoms with E-state index in [9.17, 15) is 27.9 Å². The molecule has 0 saturated heterocycles. The van der Waals surface area contributed by atoms with Gasteiger partial charge in [0.1, 0.15) is 0 Å². The second-order valence-corrected chi connectivity index (χ2v) is 6.79. The number of ether oxygens (including phenoxy) is 1. The molecule has 0 radical (unpaired) electrons. The SMILES string of the molecule is O=COc1cn(CC2(c3ccc(C(F)(F)F)cc3)CCCC2)cc(O)c1=O. The van der Waals surface area contributed by atoms with Gasteiger partial charge in [-0.3, -0.25) is 9.59 Å². The molecule has 1 N–H and O–H groups in total. The molecule has 1 aromatic heterocycles. The van der Waals surface area contributed by atoms with Crippen molar-refractivity contribution in [3.8, 4) is 11.5 Å². The van der Waals surface area contributed by atoms with Crippen molar-refractivity contribution in [3.63, 3.8) is 0 Å². The average Bonchev–Trinajstić information content (AvgIpc) is 3.08. The summed E-state index contributed by atoms with van der Waals surface area (Å²) in [4.78, 5) is 22.3. The monoisotopic (exact) mass is 381 g/mol. The third kappa shape index (κ3) is 3.84. The number of pyridine rings is 1. The molecule has 1 aliphatic rings. The molecule has 0 atom stereocenters. The standard InChI is InChI=1S/C19H18F3NO4/c20-19(21,22)14-5-3-13(4-6-14)18(7-1-2-8-18)11-23-9-15(25)17(26)16(10-23)27-12-24/h3-6,9-10,12,25H,1-2,7-8,11H2. The molecule has 3 rings (SSSR count). The van der Waals surface area contributed by atoms with Crippen molar-refractivity contribution in [3.05, 3.63) is 58.0 Å². The number of aromatic hydroxyl groups is 1. The third-order valence-electron chi connectivity index (χ3n) is 5.07. The number of benzene rings is 1. The maximum Gasteiger partial charge on any atom is 0.416 e. The minimum Gasteiger partial charge on any atom is -0.503 e. The lowest BCUT2D eigenvalue weighted by molar-refractivity contribution is -0.137. The summed E-state index contributed by atoms with van der Waals surface area (Å²) in [6.07, 6.45) is 1.53. The van der Waals surface area contributed by atoms with Crippen LogP contribution in [-0.4, -0.2) is 16.1 Å². The van der Waals surface area contributed by atoms with Gasteiger partial charge in [-0.05, 0) is 30.5 Å². The predicted octanol–water partition coefficient (Wildman–Crippen LogP) is 3.62. The first-order valence-corrected chi connectivity index (χ1v) is 8.46. The Kier molecular flexibility index (Phi) is 4.99. The first-order chi connectivity index (χ1) is 12.7. The van der Waals surface area contributed by atoms with Crippen LogP contribution in [0.1, 0.15) is 36.8 Å². The van der Waals surface area contributed by atoms with Crippen molar-refractivity contribution < 1.29 is 27.8 Å². The highest BCUT2D eigenvalue weighted by atomic mass is 19.4. The van der Waals surface area contributed by atoms with Crippen LogP contribution in [0, 0.1) is 0 Å². The quantitative estimate of drug-likeness (QED) is 0.804. The molecular formula is C19H18F3NO4. The van der Waals surface area contributed by atoms with Crippen LogP contribution in [0.3, 0.4) is 0 Å². The van der Waals surface area contributed by atoms with E-state index in [0.29, 0.717) is 6.54 Å². The number of nitrogens with zero attached hydrogens (tertiary/aromatic N) is 1. The highest BCUT2D eigenvalue weighted by Crippen LogP contribution is 2.43. The zero-order valence-corrected chi connectivity index (χ0v) is 14.3. The van der Waals surface area contributed by atoms with Gasteiger partial charge in [0, 0.05) is 12.0 Å². The Morgan fingerprint density at radius 2 is 1.78 bits per heavy atom. The maximum atomic E-state index is 12.8. The summed E-state index contributed by atoms with van der Waals surface area (Å²) >= 11 is 0. The van der Waals surface area contributed by atoms with Crippen LogP contribution in [-0.2, 0) is 22.9 Å². The second kappa shape index (κ2) is 7.09. The van der Waals surface area contributed by atoms with Crippen LogP contribution in [0.5, 0.6) is 11.5 Å². The minimum atomic E-state index is -4.40. The van der Waals surface area contributed by atoms with Gasteiger partial charge in [0.2, 0.25) is 0 Å². The van der Waals surface area contributed by atoms with Crippen molar-refractivity contribution in [1.29, 1.82) is 0 Å². The Labute approximate surface area is 153 Å². The van der Waals surface area contributed by atoms with Crippen LogP contribution in [0.4, 0.5) is 13.2 Å². The first-order valence-electron chi connectivity index (χ1n) is 8.46. The molecule has 0 unspecified atom stereocenters. The molecule has 1 fully saturated rings. The highest BCUT2D eigenvalue weighted by molar-refractivity contribution is 5.45. The first kappa shape index (κ1) is 19.0. The van der Waals surface area contributed by atoms with Crippen LogP contribution >= 0.6 is 0 Å². The fourth-order valence-electron chi connectivity index (χ4n) is 3.77. The highest BCUT2D eigenvalue weighted by Gasteiger charge is 2.37. The number of aromatic nitrogens is 1. The molecule has 0 amide bonds. The number of carbonyl (C=O) groups excluding carboxylic acids is 1. The predicted molar refractivity (Wildman–Crippen MR) is 90.6 cm³/mol. The number of alkyl halides is 3. The topological polar surface area (TPSA) is 68.5 Å². The van der Waals surface area contributed by atoms with Gasteiger partial charge < -0.3 is 14.4 Å². The number of halogens is 3. The molecule has 27 heavy (non-hydrogen) atoms. The molecule has 1 aliphatic carbocycles. The van der Waals surface area contributed by atoms with Crippen molar-refractivity contribution in [2.24, 2.45) is 0 Å². The van der Waals surface area contributed by atoms with Gasteiger partial charge in [-0.25, -0.2) is 0 Å². The lowest BCUT2D eigenvalue weighted by atomic mass is 9.78. The van der Waals surface area contributed by atoms with Crippen molar-refractivity contribution in [2.45, 2.75) is 43.8 Å². The van der Waals surface area contributed by atoms with Crippen molar-refractivity contribution >= 4 is 6.47 Å². The summed E-state index contributed by atoms with van der Waals surface area (Å²) in [5.41, 5.74) is -1.16. The Bertz CT molecular complexity index is 881. The van der Waals surface area contributed by atoms with E-state index >= 15 is 0 Å². The Balaban J connectivity index is 1.97. The van der Waals surface area contributed by atoms with E-state index in [2.05, 4.69) is 4.74 Å². The number of rotatable bonds is 5. The lowest BCUT2D eigenvalue weighted by Gasteiger charge is -2.31. The lowest BCUT2D eigenvalue weighted by Crippen LogP contribution is -2.29. The molecule has 1 saturated carbocycles. The third-order valence-corrected chi connectivity index (χ3v) is 5.07. The van der Waals surface area contributed by atoms with Crippen LogP contribution in [0.15, 0.2) is 41.5 Å². The Morgan fingerprint density at radius 1 is 1.15 bits per heavy atom. The van der Waals surface area contributed by atoms with Crippen LogP contribution in [0.2, 0.25) is 0 Å². The van der Waals surface area contributed by atoms with E-state index in [1.807, 2.05) is 0 Å². The van der Waals surface area contributed by atoms with Gasteiger partial charge in [0.25, 0.3) is 11.9 Å². The molecule has 5 nitrogen and oxygen atoms in total. The molecule has 144 valence electrons. The number of carbonyl (C=O) groups is 1. The van der Waals surface area contributed by atoms with Gasteiger partial charge in [0.15, 0.2) is 11.5 Å². The average molecular weight is 381 g/mol. The molecule has 1 aromatic carbocycles. The fraction of sp³-hybridized carbons (Fsp3) is 0.368. The van der Waals surface area contributed by atoms with Gasteiger partial charge in [-0.1, -0.05) is 25.0 Å². The van der Waals surface area contributed by atoms with Crippen LogP contribution < -0.4 is 10.2 Å². The summed E-state index contributed by atoms with van der Waals surface area (Å²) in [6, 6.07) is 5.11. The molecule has 0 aliphatic heterocycles. The zero-order chi connectivity index (χ0) is 19.7. The summed E-state index contributed by atoms with van der Waals surface area (Å²) in [5.74, 6) is -0.861. The van der Waals surface area contributed by atoms with Crippen molar-refractivity contribution in [2.75, 3.05) is 0 Å². The number of hydrogen-bond acceptors (Lipinski definition) is 4. The van der Waals surface area contributed by atoms with Gasteiger partial charge in [0.05, 0.1) is 18.0 Å². The van der Waals surface area contributed by atoms with E-state index in [1.165, 1.54) is 24.5 Å². The Morgan fingerprint density at radius 3 is 2.33 bits per heavy atom. The fourth-order valence-corrected chi connectivity index (χ4v) is 3.77. The molecule has 2 aromatic rings. The molecular weight excluding hydrogens is 363 g/mol. The molecule has 0 spiro atoms. The van der Waals surface area contributed by atoms with Crippen LogP contribution in [0.25, 0.3) is 0 Å². The van der Waals surface area contributed by atoms with E-state index < -0.39 is 28.3 Å². The second-order valence-electron chi connectivity index (χ2n) is 6.79. The molecule has 1 heterocycles. The van der Waals surface area contributed by atoms with E-state index in [0.717, 1.165) is 43.4 Å². The summed E-state index contributed by atoms with van der Waals surface area (Å²) in [7, 11) is 0. The Hall–Kier alpha value is -2.77. The van der Waals surface area contributed by atoms with Gasteiger partial charge >= 0.3 is 6.18 Å². The summed E-state index contributed by atoms with van der Waals surface area (Å²) in [6.45, 7) is 0.434. The minimum absolute atomic E-state index is 0.0989. The molecule has 0 bridgehead atoms. The van der Waals surface area contributed by atoms with E-state index in [-0.39, 0.29) is 12.2 Å². The largest absolute Gasteiger partial charge is 0.503 e. The van der Waals surface area contributed by atoms with Gasteiger partial charge in [-0.15, -0.1) is 0 Å². The smallest absolute Gasteiger partial charge is 0.416 e. The van der Waals surface area contributed by atoms with E-state index in [1.54, 1.807) is 4.57 Å². The maximum absolute atomic E-state index is 12.8. The zero-order valence-electron chi connectivity index (χ0n) is 14.3. The van der Waals surface area contributed by atoms with E-state index in [4.69, 9.17) is 0 Å². The van der Waals surface area contributed by atoms with Gasteiger partial charge in [-0.2, -0.15) is 13.2 Å².